The van der Waals surface area contributed by atoms with Gasteiger partial charge in [0.2, 0.25) is 0 Å². The molecule has 4 heteroatoms. The highest BCUT2D eigenvalue weighted by Crippen LogP contribution is 2.41. The molecule has 1 aliphatic carbocycles. The molecule has 1 saturated carbocycles. The highest BCUT2D eigenvalue weighted by Gasteiger charge is 2.39. The van der Waals surface area contributed by atoms with Gasteiger partial charge in [0.1, 0.15) is 5.60 Å². The lowest BCUT2D eigenvalue weighted by Gasteiger charge is -2.38. The summed E-state index contributed by atoms with van der Waals surface area (Å²) < 4.78 is 1.69. The Labute approximate surface area is 90.3 Å². The molecule has 2 atom stereocenters. The zero-order valence-electron chi connectivity index (χ0n) is 9.64. The molecule has 0 saturated heterocycles. The Morgan fingerprint density at radius 1 is 1.40 bits per heavy atom. The minimum atomic E-state index is -0.727. The number of aryl methyl sites for hydroxylation is 1. The summed E-state index contributed by atoms with van der Waals surface area (Å²) in [4.78, 5) is 0. The second kappa shape index (κ2) is 3.59. The van der Waals surface area contributed by atoms with Crippen LogP contribution in [0.25, 0.3) is 0 Å². The number of nitrogens with zero attached hydrogens (tertiary/aromatic N) is 3. The first-order valence-electron chi connectivity index (χ1n) is 5.59. The Morgan fingerprint density at radius 3 is 2.47 bits per heavy atom. The number of aliphatic hydroxyl groups is 1. The zero-order chi connectivity index (χ0) is 11.1. The van der Waals surface area contributed by atoms with Gasteiger partial charge in [-0.3, -0.25) is 0 Å². The Balaban J connectivity index is 2.29. The molecule has 1 N–H and O–H groups in total. The van der Waals surface area contributed by atoms with Crippen LogP contribution in [0.3, 0.4) is 0 Å². The first-order valence-corrected chi connectivity index (χ1v) is 5.59. The Kier molecular flexibility index (Phi) is 2.54. The maximum absolute atomic E-state index is 10.7. The van der Waals surface area contributed by atoms with E-state index in [2.05, 4.69) is 24.2 Å². The molecule has 0 aliphatic heterocycles. The molecule has 0 bridgehead atoms. The average Bonchev–Trinajstić information content (AvgIpc) is 2.48. The van der Waals surface area contributed by atoms with Gasteiger partial charge in [0.15, 0.2) is 0 Å². The molecule has 84 valence electrons. The number of aromatic nitrogens is 3. The number of hydrogen-bond donors (Lipinski definition) is 1. The fraction of sp³-hybridized carbons (Fsp3) is 0.818. The molecular formula is C11H19N3O. The molecule has 1 aromatic rings. The third-order valence-electron chi connectivity index (χ3n) is 3.37. The van der Waals surface area contributed by atoms with Gasteiger partial charge >= 0.3 is 0 Å². The van der Waals surface area contributed by atoms with Crippen LogP contribution in [0.4, 0.5) is 0 Å². The van der Waals surface area contributed by atoms with Gasteiger partial charge in [0.25, 0.3) is 0 Å². The normalized spacial score (nSPS) is 36.8. The largest absolute Gasteiger partial charge is 0.383 e. The molecule has 15 heavy (non-hydrogen) atoms. The van der Waals surface area contributed by atoms with E-state index in [4.69, 9.17) is 0 Å². The van der Waals surface area contributed by atoms with Gasteiger partial charge in [0, 0.05) is 7.05 Å². The topological polar surface area (TPSA) is 50.9 Å². The van der Waals surface area contributed by atoms with E-state index in [1.165, 1.54) is 6.42 Å². The summed E-state index contributed by atoms with van der Waals surface area (Å²) in [5.41, 5.74) is 0.121. The van der Waals surface area contributed by atoms with E-state index in [0.29, 0.717) is 11.8 Å². The van der Waals surface area contributed by atoms with Crippen LogP contribution >= 0.6 is 0 Å². The van der Waals surface area contributed by atoms with Crippen molar-refractivity contribution in [2.45, 2.75) is 38.7 Å². The van der Waals surface area contributed by atoms with Gasteiger partial charge in [-0.2, -0.15) is 0 Å². The number of hydrogen-bond acceptors (Lipinski definition) is 3. The van der Waals surface area contributed by atoms with Crippen LogP contribution in [-0.4, -0.2) is 20.1 Å². The highest BCUT2D eigenvalue weighted by atomic mass is 16.3. The molecule has 0 spiro atoms. The van der Waals surface area contributed by atoms with E-state index in [1.54, 1.807) is 10.9 Å². The summed E-state index contributed by atoms with van der Waals surface area (Å²) in [6, 6.07) is 0. The third-order valence-corrected chi connectivity index (χ3v) is 3.37. The fourth-order valence-corrected chi connectivity index (χ4v) is 3.01. The van der Waals surface area contributed by atoms with Gasteiger partial charge in [0.05, 0.1) is 11.9 Å². The predicted octanol–water partition coefficient (Wildman–Crippen LogP) is 1.46. The second-order valence-corrected chi connectivity index (χ2v) is 5.13. The summed E-state index contributed by atoms with van der Waals surface area (Å²) >= 11 is 0. The summed E-state index contributed by atoms with van der Waals surface area (Å²) in [6.07, 6.45) is 4.52. The van der Waals surface area contributed by atoms with Crippen LogP contribution in [0.15, 0.2) is 6.20 Å². The lowest BCUT2D eigenvalue weighted by Crippen LogP contribution is -2.37. The fourth-order valence-electron chi connectivity index (χ4n) is 3.01. The van der Waals surface area contributed by atoms with Crippen molar-refractivity contribution in [3.05, 3.63) is 11.9 Å². The molecule has 1 aromatic heterocycles. The lowest BCUT2D eigenvalue weighted by atomic mass is 9.72. The molecule has 1 heterocycles. The molecule has 2 unspecified atom stereocenters. The van der Waals surface area contributed by atoms with Crippen molar-refractivity contribution in [2.75, 3.05) is 0 Å². The maximum atomic E-state index is 10.7. The monoisotopic (exact) mass is 209 g/mol. The molecule has 1 fully saturated rings. The molecule has 0 aromatic carbocycles. The Bertz CT molecular complexity index is 337. The van der Waals surface area contributed by atoms with Crippen LogP contribution in [0.1, 0.15) is 38.8 Å². The van der Waals surface area contributed by atoms with Crippen molar-refractivity contribution in [3.8, 4) is 0 Å². The Hall–Kier alpha value is -0.900. The lowest BCUT2D eigenvalue weighted by molar-refractivity contribution is -0.0425. The van der Waals surface area contributed by atoms with E-state index in [1.807, 2.05) is 7.05 Å². The average molecular weight is 209 g/mol. The summed E-state index contributed by atoms with van der Waals surface area (Å²) in [7, 11) is 1.84. The zero-order valence-corrected chi connectivity index (χ0v) is 9.64. The maximum Gasteiger partial charge on any atom is 0.108 e. The van der Waals surface area contributed by atoms with E-state index in [9.17, 15) is 5.11 Å². The highest BCUT2D eigenvalue weighted by molar-refractivity contribution is 5.10. The summed E-state index contributed by atoms with van der Waals surface area (Å²) in [5, 5.41) is 18.4. The molecule has 0 radical (unpaired) electrons. The van der Waals surface area contributed by atoms with Gasteiger partial charge in [-0.1, -0.05) is 19.1 Å². The standard InChI is InChI=1S/C11H19N3O/c1-8-4-9(2)6-11(15,5-8)10-7-12-13-14(10)3/h7-9,15H,4-6H2,1-3H3. The smallest absolute Gasteiger partial charge is 0.108 e. The molecule has 4 nitrogen and oxygen atoms in total. The predicted molar refractivity (Wildman–Crippen MR) is 57.1 cm³/mol. The molecule has 0 amide bonds. The molecule has 2 rings (SSSR count). The molecular weight excluding hydrogens is 190 g/mol. The SMILES string of the molecule is CC1CC(C)CC(O)(c2cnnn2C)C1. The van der Waals surface area contributed by atoms with Crippen LogP contribution in [0.2, 0.25) is 0 Å². The van der Waals surface area contributed by atoms with Crippen LogP contribution < -0.4 is 0 Å². The van der Waals surface area contributed by atoms with Crippen molar-refractivity contribution >= 4 is 0 Å². The van der Waals surface area contributed by atoms with Crippen molar-refractivity contribution in [2.24, 2.45) is 18.9 Å². The minimum absolute atomic E-state index is 0.564. The van der Waals surface area contributed by atoms with Crippen LogP contribution in [0.5, 0.6) is 0 Å². The van der Waals surface area contributed by atoms with Crippen LogP contribution in [-0.2, 0) is 12.6 Å². The van der Waals surface area contributed by atoms with Crippen molar-refractivity contribution in [3.63, 3.8) is 0 Å². The molecule has 1 aliphatic rings. The van der Waals surface area contributed by atoms with Crippen LogP contribution in [0, 0.1) is 11.8 Å². The van der Waals surface area contributed by atoms with E-state index in [0.717, 1.165) is 18.5 Å². The third kappa shape index (κ3) is 1.91. The van der Waals surface area contributed by atoms with E-state index >= 15 is 0 Å². The Morgan fingerprint density at radius 2 is 2.00 bits per heavy atom. The van der Waals surface area contributed by atoms with Gasteiger partial charge in [-0.15, -0.1) is 5.10 Å². The van der Waals surface area contributed by atoms with E-state index in [-0.39, 0.29) is 0 Å². The summed E-state index contributed by atoms with van der Waals surface area (Å²) in [5.74, 6) is 1.13. The van der Waals surface area contributed by atoms with Gasteiger partial charge in [-0.05, 0) is 31.1 Å². The van der Waals surface area contributed by atoms with Gasteiger partial charge < -0.3 is 5.11 Å². The second-order valence-electron chi connectivity index (χ2n) is 5.13. The minimum Gasteiger partial charge on any atom is -0.383 e. The quantitative estimate of drug-likeness (QED) is 0.761. The first kappa shape index (κ1) is 10.6. The van der Waals surface area contributed by atoms with E-state index < -0.39 is 5.60 Å². The van der Waals surface area contributed by atoms with Crippen molar-refractivity contribution < 1.29 is 5.11 Å². The summed E-state index contributed by atoms with van der Waals surface area (Å²) in [6.45, 7) is 4.40. The van der Waals surface area contributed by atoms with Gasteiger partial charge in [-0.25, -0.2) is 4.68 Å². The van der Waals surface area contributed by atoms with Crippen molar-refractivity contribution in [1.82, 2.24) is 15.0 Å². The first-order chi connectivity index (χ1) is 7.01. The van der Waals surface area contributed by atoms with Crippen molar-refractivity contribution in [1.29, 1.82) is 0 Å². The number of rotatable bonds is 1.